The number of hydrogen-bond donors (Lipinski definition) is 1. The van der Waals surface area contributed by atoms with E-state index in [0.717, 1.165) is 0 Å². The molecule has 0 aliphatic carbocycles. The molecule has 0 radical (unpaired) electrons. The third kappa shape index (κ3) is 3.95. The van der Waals surface area contributed by atoms with Crippen LogP contribution in [0.25, 0.3) is 0 Å². The number of nitrogens with one attached hydrogen (secondary N) is 1. The second-order valence-corrected chi connectivity index (χ2v) is 5.38. The first-order chi connectivity index (χ1) is 9.28. The Kier molecular flexibility index (Phi) is 5.08. The van der Waals surface area contributed by atoms with Gasteiger partial charge in [-0.25, -0.2) is 0 Å². The van der Waals surface area contributed by atoms with Crippen molar-refractivity contribution in [1.82, 2.24) is 15.5 Å². The van der Waals surface area contributed by atoms with Crippen LogP contribution in [-0.4, -0.2) is 28.2 Å². The minimum Gasteiger partial charge on any atom is -0.439 e. The molecule has 0 aliphatic rings. The summed E-state index contributed by atoms with van der Waals surface area (Å²) < 4.78 is 9.96. The molecule has 0 aromatic carbocycles. The van der Waals surface area contributed by atoms with Gasteiger partial charge in [-0.3, -0.25) is 9.32 Å². The highest BCUT2D eigenvalue weighted by atomic mass is 16.6. The summed E-state index contributed by atoms with van der Waals surface area (Å²) in [6.45, 7) is 8.95. The van der Waals surface area contributed by atoms with Crippen LogP contribution in [0, 0.1) is 17.2 Å². The van der Waals surface area contributed by atoms with Crippen LogP contribution in [0.5, 0.6) is 6.08 Å². The molecule has 1 heterocycles. The minimum atomic E-state index is -0.932. The second-order valence-electron chi connectivity index (χ2n) is 5.38. The Morgan fingerprint density at radius 3 is 2.60 bits per heavy atom. The molecule has 0 aliphatic heterocycles. The van der Waals surface area contributed by atoms with Crippen LogP contribution in [0.3, 0.4) is 0 Å². The maximum absolute atomic E-state index is 11.8. The zero-order valence-corrected chi connectivity index (χ0v) is 12.4. The van der Waals surface area contributed by atoms with E-state index in [-0.39, 0.29) is 24.5 Å². The first-order valence-electron chi connectivity index (χ1n) is 6.47. The summed E-state index contributed by atoms with van der Waals surface area (Å²) in [5.74, 6) is 0.205. The third-order valence-corrected chi connectivity index (χ3v) is 3.05. The molecular formula is C13H20N4O3. The molecule has 1 N–H and O–H groups in total. The van der Waals surface area contributed by atoms with Gasteiger partial charge >= 0.3 is 6.08 Å². The molecule has 1 rings (SSSR count). The molecule has 20 heavy (non-hydrogen) atoms. The highest BCUT2D eigenvalue weighted by molar-refractivity contribution is 5.78. The Bertz CT molecular complexity index is 504. The summed E-state index contributed by atoms with van der Waals surface area (Å²) in [5.41, 5.74) is -0.932. The Labute approximate surface area is 118 Å². The lowest BCUT2D eigenvalue weighted by Crippen LogP contribution is -2.50. The van der Waals surface area contributed by atoms with Crippen LogP contribution in [0.2, 0.25) is 0 Å². The fraction of sp³-hybridized carbons (Fsp3) is 0.692. The molecule has 0 saturated carbocycles. The molecule has 110 valence electrons. The Balaban J connectivity index is 2.53. The number of carbonyl (C=O) groups excluding carboxylic acids is 1. The molecule has 0 spiro atoms. The monoisotopic (exact) mass is 280 g/mol. The molecule has 1 unspecified atom stereocenters. The molecule has 0 bridgehead atoms. The van der Waals surface area contributed by atoms with Gasteiger partial charge in [0.25, 0.3) is 5.91 Å². The molecule has 1 amide bonds. The Morgan fingerprint density at radius 1 is 1.50 bits per heavy atom. The highest BCUT2D eigenvalue weighted by Gasteiger charge is 2.30. The van der Waals surface area contributed by atoms with Gasteiger partial charge in [0.15, 0.2) is 12.4 Å². The standard InChI is InChI=1S/C13H20N4O3/c1-8(2)11-15-12(20-17-11)19-6-10(18)16-13(5,7-14)9(3)4/h8-9H,6H2,1-5H3,(H,16,18). The van der Waals surface area contributed by atoms with E-state index in [1.54, 1.807) is 6.92 Å². The van der Waals surface area contributed by atoms with Crippen molar-refractivity contribution in [2.45, 2.75) is 46.1 Å². The largest absolute Gasteiger partial charge is 0.439 e. The van der Waals surface area contributed by atoms with E-state index in [0.29, 0.717) is 5.82 Å². The average Bonchev–Trinajstić information content (AvgIpc) is 2.85. The van der Waals surface area contributed by atoms with Crippen LogP contribution < -0.4 is 10.1 Å². The topological polar surface area (TPSA) is 101 Å². The lowest BCUT2D eigenvalue weighted by Gasteiger charge is -2.26. The van der Waals surface area contributed by atoms with Crippen molar-refractivity contribution in [2.75, 3.05) is 6.61 Å². The van der Waals surface area contributed by atoms with E-state index < -0.39 is 11.4 Å². The zero-order chi connectivity index (χ0) is 15.3. The van der Waals surface area contributed by atoms with Crippen molar-refractivity contribution >= 4 is 5.91 Å². The Morgan fingerprint density at radius 2 is 2.15 bits per heavy atom. The number of ether oxygens (including phenoxy) is 1. The quantitative estimate of drug-likeness (QED) is 0.849. The number of carbonyl (C=O) groups is 1. The number of nitriles is 1. The van der Waals surface area contributed by atoms with Crippen molar-refractivity contribution < 1.29 is 14.1 Å². The summed E-state index contributed by atoms with van der Waals surface area (Å²) in [5, 5.41) is 15.5. The normalized spacial score (nSPS) is 13.9. The lowest BCUT2D eigenvalue weighted by atomic mass is 9.90. The first kappa shape index (κ1) is 16.0. The second kappa shape index (κ2) is 6.37. The van der Waals surface area contributed by atoms with E-state index in [1.807, 2.05) is 27.7 Å². The molecule has 7 heteroatoms. The van der Waals surface area contributed by atoms with Crippen LogP contribution in [0.15, 0.2) is 4.52 Å². The summed E-state index contributed by atoms with van der Waals surface area (Å²) >= 11 is 0. The maximum Gasteiger partial charge on any atom is 0.417 e. The van der Waals surface area contributed by atoms with E-state index in [1.165, 1.54) is 0 Å². The molecule has 0 saturated heterocycles. The van der Waals surface area contributed by atoms with E-state index in [2.05, 4.69) is 21.5 Å². The highest BCUT2D eigenvalue weighted by Crippen LogP contribution is 2.16. The number of nitrogens with zero attached hydrogens (tertiary/aromatic N) is 3. The van der Waals surface area contributed by atoms with Crippen molar-refractivity contribution in [3.05, 3.63) is 5.82 Å². The van der Waals surface area contributed by atoms with Crippen molar-refractivity contribution in [3.8, 4) is 12.1 Å². The molecule has 0 fully saturated rings. The summed E-state index contributed by atoms with van der Waals surface area (Å²) in [6.07, 6.45) is -0.0490. The van der Waals surface area contributed by atoms with Gasteiger partial charge < -0.3 is 10.1 Å². The van der Waals surface area contributed by atoms with Gasteiger partial charge in [0.1, 0.15) is 5.54 Å². The first-order valence-corrected chi connectivity index (χ1v) is 6.47. The maximum atomic E-state index is 11.8. The summed E-state index contributed by atoms with van der Waals surface area (Å²) in [6, 6.07) is 2.09. The number of rotatable bonds is 6. The third-order valence-electron chi connectivity index (χ3n) is 3.05. The zero-order valence-electron chi connectivity index (χ0n) is 12.4. The van der Waals surface area contributed by atoms with Gasteiger partial charge in [-0.1, -0.05) is 32.9 Å². The van der Waals surface area contributed by atoms with E-state index >= 15 is 0 Å². The summed E-state index contributed by atoms with van der Waals surface area (Å²) in [7, 11) is 0. The van der Waals surface area contributed by atoms with Crippen LogP contribution in [0.4, 0.5) is 0 Å². The minimum absolute atomic E-state index is 0.0209. The van der Waals surface area contributed by atoms with Gasteiger partial charge in [0.2, 0.25) is 0 Å². The molecular weight excluding hydrogens is 260 g/mol. The molecule has 1 atom stereocenters. The number of hydrogen-bond acceptors (Lipinski definition) is 6. The number of aromatic nitrogens is 2. The SMILES string of the molecule is CC(C)c1noc(OCC(=O)NC(C)(C#N)C(C)C)n1. The van der Waals surface area contributed by atoms with Crippen LogP contribution >= 0.6 is 0 Å². The fourth-order valence-corrected chi connectivity index (χ4v) is 1.27. The van der Waals surface area contributed by atoms with E-state index in [4.69, 9.17) is 14.5 Å². The van der Waals surface area contributed by atoms with Gasteiger partial charge in [-0.15, -0.1) is 0 Å². The Hall–Kier alpha value is -2.10. The van der Waals surface area contributed by atoms with Gasteiger partial charge in [0.05, 0.1) is 6.07 Å². The predicted octanol–water partition coefficient (Wildman–Crippen LogP) is 1.63. The van der Waals surface area contributed by atoms with Crippen molar-refractivity contribution in [1.29, 1.82) is 5.26 Å². The van der Waals surface area contributed by atoms with Gasteiger partial charge in [0, 0.05) is 5.92 Å². The molecule has 7 nitrogen and oxygen atoms in total. The van der Waals surface area contributed by atoms with Crippen molar-refractivity contribution in [2.24, 2.45) is 5.92 Å². The van der Waals surface area contributed by atoms with Gasteiger partial charge in [-0.2, -0.15) is 10.2 Å². The molecule has 1 aromatic rings. The summed E-state index contributed by atoms with van der Waals surface area (Å²) in [4.78, 5) is 15.7. The predicted molar refractivity (Wildman–Crippen MR) is 70.9 cm³/mol. The lowest BCUT2D eigenvalue weighted by molar-refractivity contribution is -0.125. The van der Waals surface area contributed by atoms with Crippen LogP contribution in [-0.2, 0) is 4.79 Å². The smallest absolute Gasteiger partial charge is 0.417 e. The van der Waals surface area contributed by atoms with Crippen molar-refractivity contribution in [3.63, 3.8) is 0 Å². The van der Waals surface area contributed by atoms with Crippen LogP contribution in [0.1, 0.15) is 46.4 Å². The molecule has 1 aromatic heterocycles. The number of amides is 1. The fourth-order valence-electron chi connectivity index (χ4n) is 1.27. The van der Waals surface area contributed by atoms with Gasteiger partial charge in [-0.05, 0) is 12.8 Å². The average molecular weight is 280 g/mol. The van der Waals surface area contributed by atoms with E-state index in [9.17, 15) is 4.79 Å².